The topological polar surface area (TPSA) is 3.24 Å². The maximum absolute atomic E-state index is 15.3. The predicted molar refractivity (Wildman–Crippen MR) is 117 cm³/mol. The molecule has 30 heavy (non-hydrogen) atoms. The molecule has 2 atom stereocenters. The number of hydrogen-bond acceptors (Lipinski definition) is 1. The van der Waals surface area contributed by atoms with Crippen LogP contribution in [-0.4, -0.2) is 23.2 Å². The quantitative estimate of drug-likeness (QED) is 0.529. The highest BCUT2D eigenvalue weighted by Gasteiger charge is 2.42. The van der Waals surface area contributed by atoms with Crippen LogP contribution in [0.1, 0.15) is 62.4 Å². The van der Waals surface area contributed by atoms with E-state index in [0.717, 1.165) is 23.1 Å². The van der Waals surface area contributed by atoms with Gasteiger partial charge in [0.1, 0.15) is 17.3 Å². The SMILES string of the molecule is C/C=C/c1cc(F)c([C@@H]2C3=C(C[C@@H](C)N2CC(C)(C)F)c2ccccc2C3)c(F)c1. The molecule has 0 radical (unpaired) electrons. The molecule has 1 aliphatic heterocycles. The summed E-state index contributed by atoms with van der Waals surface area (Å²) in [4.78, 5) is 1.95. The number of allylic oxidation sites excluding steroid dienone is 1. The molecular weight excluding hydrogens is 383 g/mol. The van der Waals surface area contributed by atoms with Crippen LogP contribution in [0.5, 0.6) is 0 Å². The van der Waals surface area contributed by atoms with E-state index in [1.807, 2.05) is 30.9 Å². The monoisotopic (exact) mass is 411 g/mol. The molecule has 2 aromatic carbocycles. The van der Waals surface area contributed by atoms with Crippen molar-refractivity contribution in [1.82, 2.24) is 4.90 Å². The second kappa shape index (κ2) is 7.73. The molecule has 0 unspecified atom stereocenters. The van der Waals surface area contributed by atoms with Crippen LogP contribution in [0.25, 0.3) is 11.6 Å². The zero-order valence-electron chi connectivity index (χ0n) is 18.0. The third-order valence-electron chi connectivity index (χ3n) is 6.13. The Balaban J connectivity index is 1.89. The molecule has 4 rings (SSSR count). The molecule has 0 aromatic heterocycles. The highest BCUT2D eigenvalue weighted by atomic mass is 19.1. The van der Waals surface area contributed by atoms with Crippen molar-refractivity contribution >= 4 is 11.6 Å². The molecule has 158 valence electrons. The van der Waals surface area contributed by atoms with E-state index in [2.05, 4.69) is 12.1 Å². The fourth-order valence-corrected chi connectivity index (χ4v) is 5.00. The minimum absolute atomic E-state index is 0.0272. The molecule has 0 spiro atoms. The minimum Gasteiger partial charge on any atom is -0.286 e. The van der Waals surface area contributed by atoms with E-state index in [4.69, 9.17) is 0 Å². The maximum atomic E-state index is 15.3. The van der Waals surface area contributed by atoms with Gasteiger partial charge in [0.15, 0.2) is 0 Å². The molecule has 0 bridgehead atoms. The lowest BCUT2D eigenvalue weighted by atomic mass is 9.83. The van der Waals surface area contributed by atoms with E-state index >= 15 is 8.78 Å². The molecule has 0 saturated heterocycles. The number of fused-ring (bicyclic) bond motifs is 2. The highest BCUT2D eigenvalue weighted by Crippen LogP contribution is 2.50. The van der Waals surface area contributed by atoms with Gasteiger partial charge in [-0.3, -0.25) is 4.90 Å². The van der Waals surface area contributed by atoms with Gasteiger partial charge in [0, 0.05) is 18.2 Å². The normalized spacial score (nSPS) is 22.0. The lowest BCUT2D eigenvalue weighted by Crippen LogP contribution is -2.47. The first-order valence-electron chi connectivity index (χ1n) is 10.6. The molecule has 4 heteroatoms. The van der Waals surface area contributed by atoms with Crippen molar-refractivity contribution in [3.05, 3.63) is 81.9 Å². The van der Waals surface area contributed by atoms with E-state index < -0.39 is 23.3 Å². The van der Waals surface area contributed by atoms with Crippen molar-refractivity contribution < 1.29 is 13.2 Å². The summed E-state index contributed by atoms with van der Waals surface area (Å²) in [5.74, 6) is -1.15. The zero-order valence-corrected chi connectivity index (χ0v) is 18.0. The molecule has 1 nitrogen and oxygen atoms in total. The van der Waals surface area contributed by atoms with Crippen LogP contribution >= 0.6 is 0 Å². The van der Waals surface area contributed by atoms with E-state index in [-0.39, 0.29) is 18.2 Å². The summed E-state index contributed by atoms with van der Waals surface area (Å²) in [6.07, 6.45) is 4.82. The van der Waals surface area contributed by atoms with Crippen molar-refractivity contribution in [2.45, 2.75) is 58.3 Å². The van der Waals surface area contributed by atoms with E-state index in [1.54, 1.807) is 12.2 Å². The first-order chi connectivity index (χ1) is 14.2. The van der Waals surface area contributed by atoms with Crippen LogP contribution in [0.4, 0.5) is 13.2 Å². The van der Waals surface area contributed by atoms with E-state index in [1.165, 1.54) is 31.5 Å². The van der Waals surface area contributed by atoms with Crippen molar-refractivity contribution in [3.63, 3.8) is 0 Å². The van der Waals surface area contributed by atoms with Gasteiger partial charge in [0.25, 0.3) is 0 Å². The number of halogens is 3. The van der Waals surface area contributed by atoms with Crippen molar-refractivity contribution in [2.75, 3.05) is 6.54 Å². The number of benzene rings is 2. The van der Waals surface area contributed by atoms with Gasteiger partial charge in [0.2, 0.25) is 0 Å². The third-order valence-corrected chi connectivity index (χ3v) is 6.13. The molecule has 0 fully saturated rings. The summed E-state index contributed by atoms with van der Waals surface area (Å²) in [5, 5.41) is 0. The lowest BCUT2D eigenvalue weighted by Gasteiger charge is -2.44. The Morgan fingerprint density at radius 1 is 1.13 bits per heavy atom. The summed E-state index contributed by atoms with van der Waals surface area (Å²) in [7, 11) is 0. The molecular formula is C26H28F3N. The second-order valence-electron chi connectivity index (χ2n) is 9.08. The largest absolute Gasteiger partial charge is 0.286 e. The van der Waals surface area contributed by atoms with Gasteiger partial charge in [-0.05, 0) is 80.5 Å². The van der Waals surface area contributed by atoms with Crippen LogP contribution in [0.3, 0.4) is 0 Å². The number of nitrogens with zero attached hydrogens (tertiary/aromatic N) is 1. The van der Waals surface area contributed by atoms with E-state index in [9.17, 15) is 4.39 Å². The average Bonchev–Trinajstić information content (AvgIpc) is 3.01. The summed E-state index contributed by atoms with van der Waals surface area (Å²) < 4.78 is 45.4. The number of alkyl halides is 1. The third kappa shape index (κ3) is 3.74. The van der Waals surface area contributed by atoms with Crippen molar-refractivity contribution in [2.24, 2.45) is 0 Å². The predicted octanol–water partition coefficient (Wildman–Crippen LogP) is 6.89. The van der Waals surface area contributed by atoms with Crippen molar-refractivity contribution in [3.8, 4) is 0 Å². The number of rotatable bonds is 4. The van der Waals surface area contributed by atoms with Crippen LogP contribution in [0.2, 0.25) is 0 Å². The fraction of sp³-hybridized carbons (Fsp3) is 0.385. The highest BCUT2D eigenvalue weighted by molar-refractivity contribution is 5.79. The average molecular weight is 412 g/mol. The Morgan fingerprint density at radius 2 is 1.80 bits per heavy atom. The Hall–Kier alpha value is -2.33. The molecule has 1 heterocycles. The lowest BCUT2D eigenvalue weighted by molar-refractivity contribution is 0.0677. The first kappa shape index (κ1) is 20.9. The first-order valence-corrected chi connectivity index (χ1v) is 10.6. The molecule has 2 aliphatic rings. The Morgan fingerprint density at radius 3 is 2.43 bits per heavy atom. The Kier molecular flexibility index (Phi) is 5.39. The molecule has 0 amide bonds. The molecule has 2 aromatic rings. The summed E-state index contributed by atoms with van der Waals surface area (Å²) in [5.41, 5.74) is 3.53. The maximum Gasteiger partial charge on any atom is 0.131 e. The van der Waals surface area contributed by atoms with Crippen LogP contribution in [0.15, 0.2) is 48.0 Å². The van der Waals surface area contributed by atoms with Gasteiger partial charge in [-0.2, -0.15) is 0 Å². The summed E-state index contributed by atoms with van der Waals surface area (Å²) >= 11 is 0. The number of hydrogen-bond donors (Lipinski definition) is 0. The molecule has 1 aliphatic carbocycles. The van der Waals surface area contributed by atoms with Crippen LogP contribution in [-0.2, 0) is 6.42 Å². The fourth-order valence-electron chi connectivity index (χ4n) is 5.00. The van der Waals surface area contributed by atoms with Crippen LogP contribution in [0, 0.1) is 11.6 Å². The molecule has 0 saturated carbocycles. The molecule has 0 N–H and O–H groups in total. The summed E-state index contributed by atoms with van der Waals surface area (Å²) in [6, 6.07) is 10.2. The van der Waals surface area contributed by atoms with Crippen molar-refractivity contribution in [1.29, 1.82) is 0 Å². The van der Waals surface area contributed by atoms with Gasteiger partial charge in [0.05, 0.1) is 6.04 Å². The zero-order chi connectivity index (χ0) is 21.6. The van der Waals surface area contributed by atoms with Gasteiger partial charge in [-0.25, -0.2) is 13.2 Å². The van der Waals surface area contributed by atoms with Gasteiger partial charge in [-0.1, -0.05) is 36.4 Å². The Bertz CT molecular complexity index is 1010. The van der Waals surface area contributed by atoms with Gasteiger partial charge < -0.3 is 0 Å². The smallest absolute Gasteiger partial charge is 0.131 e. The minimum atomic E-state index is -1.48. The second-order valence-corrected chi connectivity index (χ2v) is 9.08. The van der Waals surface area contributed by atoms with E-state index in [0.29, 0.717) is 12.0 Å². The van der Waals surface area contributed by atoms with Gasteiger partial charge in [-0.15, -0.1) is 0 Å². The van der Waals surface area contributed by atoms with Crippen LogP contribution < -0.4 is 0 Å². The Labute approximate surface area is 176 Å². The van der Waals surface area contributed by atoms with Gasteiger partial charge >= 0.3 is 0 Å². The standard InChI is InChI=1S/C26H28F3N/c1-5-8-17-12-22(27)24(23(28)13-17)25-21-14-18-9-6-7-10-19(18)20(21)11-16(2)30(25)15-26(3,4)29/h5-10,12-13,16,25H,11,14-15H2,1-4H3/b8-5+/t16-,25+/m1/s1. The summed E-state index contributed by atoms with van der Waals surface area (Å²) in [6.45, 7) is 6.98.